The Morgan fingerprint density at radius 1 is 1.06 bits per heavy atom. The van der Waals surface area contributed by atoms with Gasteiger partial charge in [0.2, 0.25) is 11.6 Å². The van der Waals surface area contributed by atoms with Crippen molar-refractivity contribution >= 4 is 29.6 Å². The molecule has 0 unspecified atom stereocenters. The van der Waals surface area contributed by atoms with Crippen LogP contribution >= 0.6 is 0 Å². The fourth-order valence-corrected chi connectivity index (χ4v) is 5.76. The molecule has 4 amide bonds. The molecular formula is C35H51N5O9. The number of fused-ring (bicyclic) bond motifs is 2. The summed E-state index contributed by atoms with van der Waals surface area (Å²) >= 11 is 0. The number of primary amides is 1. The number of hydrogen-bond donors (Lipinski definition) is 6. The van der Waals surface area contributed by atoms with E-state index in [1.54, 1.807) is 32.1 Å². The summed E-state index contributed by atoms with van der Waals surface area (Å²) in [4.78, 5) is 64.2. The first kappa shape index (κ1) is 39.2. The highest BCUT2D eigenvalue weighted by molar-refractivity contribution is 6.23. The van der Waals surface area contributed by atoms with Crippen molar-refractivity contribution in [3.8, 4) is 0 Å². The van der Waals surface area contributed by atoms with Crippen molar-refractivity contribution in [2.24, 2.45) is 23.5 Å². The number of nitrogens with one attached hydrogen (secondary N) is 4. The summed E-state index contributed by atoms with van der Waals surface area (Å²) in [5.41, 5.74) is 6.25. The Labute approximate surface area is 287 Å². The van der Waals surface area contributed by atoms with Crippen molar-refractivity contribution in [3.05, 3.63) is 58.5 Å². The van der Waals surface area contributed by atoms with E-state index in [0.29, 0.717) is 24.5 Å². The minimum atomic E-state index is -1.01. The van der Waals surface area contributed by atoms with Crippen LogP contribution in [0.3, 0.4) is 0 Å². The molecule has 2 bridgehead atoms. The number of urea groups is 1. The third kappa shape index (κ3) is 11.7. The number of amides is 4. The van der Waals surface area contributed by atoms with E-state index in [1.807, 2.05) is 6.92 Å². The lowest BCUT2D eigenvalue weighted by molar-refractivity contribution is -0.120. The van der Waals surface area contributed by atoms with E-state index in [0.717, 1.165) is 18.9 Å². The van der Waals surface area contributed by atoms with Crippen LogP contribution in [-0.4, -0.2) is 93.0 Å². The number of carbonyl (C=O) groups excluding carboxylic acids is 5. The third-order valence-corrected chi connectivity index (χ3v) is 8.75. The van der Waals surface area contributed by atoms with E-state index in [-0.39, 0.29) is 54.0 Å². The Balaban J connectivity index is 1.93. The molecule has 0 saturated heterocycles. The van der Waals surface area contributed by atoms with Gasteiger partial charge in [-0.1, -0.05) is 38.2 Å². The number of aliphatic hydroxyl groups is 1. The highest BCUT2D eigenvalue weighted by atomic mass is 16.6. The Morgan fingerprint density at radius 2 is 1.78 bits per heavy atom. The van der Waals surface area contributed by atoms with Gasteiger partial charge in [-0.15, -0.1) is 0 Å². The quantitative estimate of drug-likeness (QED) is 0.118. The normalized spacial score (nSPS) is 30.2. The maximum atomic E-state index is 13.8. The van der Waals surface area contributed by atoms with E-state index in [2.05, 4.69) is 21.3 Å². The minimum Gasteiger partial charge on any atom is -0.439 e. The van der Waals surface area contributed by atoms with Crippen LogP contribution in [-0.2, 0) is 28.6 Å². The van der Waals surface area contributed by atoms with Crippen LogP contribution in [0.4, 0.5) is 9.59 Å². The number of nitrogens with two attached hydrogens (primary N) is 1. The number of carbonyl (C=O) groups is 5. The topological polar surface area (TPSA) is 207 Å². The number of ether oxygens (including phenoxy) is 3. The smallest absolute Gasteiger partial charge is 0.405 e. The molecule has 14 heteroatoms. The molecule has 270 valence electrons. The van der Waals surface area contributed by atoms with Gasteiger partial charge in [-0.3, -0.25) is 14.4 Å². The molecule has 0 radical (unpaired) electrons. The minimum absolute atomic E-state index is 0.0867. The van der Waals surface area contributed by atoms with Crippen LogP contribution in [0, 0.1) is 17.8 Å². The van der Waals surface area contributed by atoms with Gasteiger partial charge in [-0.05, 0) is 56.9 Å². The van der Waals surface area contributed by atoms with Gasteiger partial charge in [0.25, 0.3) is 5.91 Å². The van der Waals surface area contributed by atoms with Crippen molar-refractivity contribution in [2.45, 2.75) is 77.8 Å². The number of allylic oxidation sites excluding steroid dienone is 4. The van der Waals surface area contributed by atoms with Crippen molar-refractivity contribution in [1.29, 1.82) is 0 Å². The summed E-state index contributed by atoms with van der Waals surface area (Å²) in [7, 11) is 2.90. The van der Waals surface area contributed by atoms with Crippen LogP contribution in [0.1, 0.15) is 53.4 Å². The van der Waals surface area contributed by atoms with Gasteiger partial charge in [0.15, 0.2) is 6.10 Å². The molecule has 6 atom stereocenters. The number of methoxy groups -OCH3 is 2. The lowest BCUT2D eigenvalue weighted by Gasteiger charge is -2.30. The molecule has 0 aromatic carbocycles. The fourth-order valence-electron chi connectivity index (χ4n) is 5.76. The first-order valence-corrected chi connectivity index (χ1v) is 16.6. The maximum absolute atomic E-state index is 13.8. The molecule has 2 aliphatic carbocycles. The Morgan fingerprint density at radius 3 is 2.41 bits per heavy atom. The molecule has 1 saturated carbocycles. The first-order chi connectivity index (χ1) is 23.2. The molecule has 3 rings (SSSR count). The highest BCUT2D eigenvalue weighted by Gasteiger charge is 2.33. The number of ketones is 2. The average molecular weight is 686 g/mol. The third-order valence-electron chi connectivity index (χ3n) is 8.75. The molecule has 7 N–H and O–H groups in total. The molecule has 1 aliphatic heterocycles. The molecular weight excluding hydrogens is 634 g/mol. The zero-order chi connectivity index (χ0) is 36.2. The predicted octanol–water partition coefficient (Wildman–Crippen LogP) is 2.06. The van der Waals surface area contributed by atoms with Crippen LogP contribution in [0.15, 0.2) is 58.5 Å². The fraction of sp³-hybridized carbons (Fsp3) is 0.571. The number of hydrogen-bond acceptors (Lipinski definition) is 10. The second kappa shape index (κ2) is 18.5. The van der Waals surface area contributed by atoms with Gasteiger partial charge >= 0.3 is 12.1 Å². The van der Waals surface area contributed by atoms with Gasteiger partial charge < -0.3 is 46.3 Å². The van der Waals surface area contributed by atoms with Crippen molar-refractivity contribution in [2.75, 3.05) is 33.9 Å². The maximum Gasteiger partial charge on any atom is 0.405 e. The summed E-state index contributed by atoms with van der Waals surface area (Å²) in [5, 5.41) is 22.5. The van der Waals surface area contributed by atoms with E-state index >= 15 is 0 Å². The molecule has 0 aromatic rings. The number of aliphatic hydroxyl groups excluding tert-OH is 1. The molecule has 1 fully saturated rings. The Hall–Kier alpha value is -4.27. The van der Waals surface area contributed by atoms with Crippen molar-refractivity contribution in [1.82, 2.24) is 21.3 Å². The largest absolute Gasteiger partial charge is 0.439 e. The van der Waals surface area contributed by atoms with E-state index in [9.17, 15) is 29.1 Å². The number of Topliss-reactive ketones (excluding diaryl/α,β-unsaturated/α-hetero) is 1. The van der Waals surface area contributed by atoms with Gasteiger partial charge in [0.05, 0.1) is 23.6 Å². The Kier molecular flexibility index (Phi) is 14.8. The second-order valence-electron chi connectivity index (χ2n) is 12.9. The predicted molar refractivity (Wildman–Crippen MR) is 182 cm³/mol. The van der Waals surface area contributed by atoms with Crippen LogP contribution in [0.2, 0.25) is 0 Å². The first-order valence-electron chi connectivity index (χ1n) is 16.6. The van der Waals surface area contributed by atoms with E-state index in [4.69, 9.17) is 19.9 Å². The van der Waals surface area contributed by atoms with Gasteiger partial charge in [0, 0.05) is 57.0 Å². The molecule has 1 heterocycles. The standard InChI is InChI=1S/C35H51N5O9/c1-19-14-24-29(37-12-13-38-35(46)39-18-23-10-11-23)26(41)17-25(31(24)43)40-33(44)20(2)8-7-9-27(47-5)32(49-34(36)45)22(4)16-21(3)30(42)28(15-19)48-6/h7-9,16-17,19,21,23,27-28,30,32,37,42H,10-15,18H2,1-6H3,(H2,36,45)(H,40,44)(H2,38,39,46)/b9-7-,20-8+,22-16+/t19-,21+,27+,28+,30-,32+/m1/s1. The highest BCUT2D eigenvalue weighted by Crippen LogP contribution is 2.29. The second-order valence-corrected chi connectivity index (χ2v) is 12.9. The lowest BCUT2D eigenvalue weighted by atomic mass is 9.85. The van der Waals surface area contributed by atoms with E-state index < -0.39 is 53.9 Å². The zero-order valence-electron chi connectivity index (χ0n) is 29.2. The monoisotopic (exact) mass is 685 g/mol. The zero-order valence-corrected chi connectivity index (χ0v) is 29.2. The summed E-state index contributed by atoms with van der Waals surface area (Å²) < 4.78 is 16.6. The molecule has 3 aliphatic rings. The van der Waals surface area contributed by atoms with Gasteiger partial charge in [0.1, 0.15) is 6.10 Å². The van der Waals surface area contributed by atoms with Crippen LogP contribution < -0.4 is 27.0 Å². The summed E-state index contributed by atoms with van der Waals surface area (Å²) in [6.45, 7) is 7.93. The summed E-state index contributed by atoms with van der Waals surface area (Å²) in [5.74, 6) is -1.83. The average Bonchev–Trinajstić information content (AvgIpc) is 3.89. The SMILES string of the molecule is CO[C@H]1/C=C\C=C(/C)C(=O)NC2=CC(=O)C(NCCNC(=O)NCC3CC3)=C(C[C@@H](C)C[C@H](OC)[C@H](O)[C@@H](C)/C=C(\C)[C@@H]1OC(N)=O)C2=O. The van der Waals surface area contributed by atoms with Gasteiger partial charge in [-0.2, -0.15) is 0 Å². The van der Waals surface area contributed by atoms with E-state index in [1.165, 1.54) is 27.2 Å². The van der Waals surface area contributed by atoms with Crippen molar-refractivity contribution in [3.63, 3.8) is 0 Å². The van der Waals surface area contributed by atoms with Crippen molar-refractivity contribution < 1.29 is 43.3 Å². The lowest BCUT2D eigenvalue weighted by Crippen LogP contribution is -2.41. The Bertz CT molecular complexity index is 1410. The molecule has 0 spiro atoms. The van der Waals surface area contributed by atoms with Crippen LogP contribution in [0.5, 0.6) is 0 Å². The van der Waals surface area contributed by atoms with Crippen LogP contribution in [0.25, 0.3) is 0 Å². The summed E-state index contributed by atoms with van der Waals surface area (Å²) in [6, 6.07) is -0.307. The molecule has 49 heavy (non-hydrogen) atoms. The molecule has 14 nitrogen and oxygen atoms in total. The van der Waals surface area contributed by atoms with Gasteiger partial charge in [-0.25, -0.2) is 9.59 Å². The molecule has 0 aromatic heterocycles. The summed E-state index contributed by atoms with van der Waals surface area (Å²) in [6.07, 6.45) is 5.70. The number of rotatable bonds is 9.